The minimum Gasteiger partial charge on any atom is -0.479 e. The maximum Gasteiger partial charge on any atom is 0.334 e. The summed E-state index contributed by atoms with van der Waals surface area (Å²) in [6.45, 7) is -0.950. The van der Waals surface area contributed by atoms with Crippen molar-refractivity contribution >= 4 is 22.5 Å². The lowest BCUT2D eigenvalue weighted by Gasteiger charge is -2.20. The SMILES string of the molecule is NC(CO)(C(=O)O)C(=O)c1ccc2ccccc2c1. The lowest BCUT2D eigenvalue weighted by Crippen LogP contribution is -2.57. The van der Waals surface area contributed by atoms with E-state index in [0.717, 1.165) is 10.8 Å². The van der Waals surface area contributed by atoms with Gasteiger partial charge in [-0.15, -0.1) is 0 Å². The van der Waals surface area contributed by atoms with Crippen LogP contribution in [0.3, 0.4) is 0 Å². The molecule has 0 aliphatic heterocycles. The van der Waals surface area contributed by atoms with E-state index in [1.54, 1.807) is 12.1 Å². The molecule has 0 amide bonds. The topological polar surface area (TPSA) is 101 Å². The molecule has 5 nitrogen and oxygen atoms in total. The zero-order valence-corrected chi connectivity index (χ0v) is 10.0. The number of Topliss-reactive ketones (excluding diaryl/α,β-unsaturated/α-hetero) is 1. The van der Waals surface area contributed by atoms with Gasteiger partial charge in [0.15, 0.2) is 5.78 Å². The quantitative estimate of drug-likeness (QED) is 0.557. The average Bonchev–Trinajstić information content (AvgIpc) is 2.44. The molecule has 1 unspecified atom stereocenters. The molecule has 2 aromatic rings. The van der Waals surface area contributed by atoms with Crippen LogP contribution in [0.1, 0.15) is 10.4 Å². The van der Waals surface area contributed by atoms with E-state index in [9.17, 15) is 9.59 Å². The van der Waals surface area contributed by atoms with E-state index >= 15 is 0 Å². The van der Waals surface area contributed by atoms with E-state index in [2.05, 4.69) is 0 Å². The van der Waals surface area contributed by atoms with E-state index in [4.69, 9.17) is 15.9 Å². The monoisotopic (exact) mass is 259 g/mol. The molecule has 4 N–H and O–H groups in total. The van der Waals surface area contributed by atoms with Crippen molar-refractivity contribution in [3.8, 4) is 0 Å². The molecule has 0 saturated heterocycles. The Bertz CT molecular complexity index is 653. The van der Waals surface area contributed by atoms with Crippen molar-refractivity contribution in [1.29, 1.82) is 0 Å². The predicted molar refractivity (Wildman–Crippen MR) is 69.9 cm³/mol. The van der Waals surface area contributed by atoms with Gasteiger partial charge in [-0.05, 0) is 16.8 Å². The van der Waals surface area contributed by atoms with Gasteiger partial charge in [-0.1, -0.05) is 36.4 Å². The number of rotatable bonds is 4. The highest BCUT2D eigenvalue weighted by Crippen LogP contribution is 2.19. The molecule has 5 heteroatoms. The number of carbonyl (C=O) groups excluding carboxylic acids is 1. The van der Waals surface area contributed by atoms with Crippen molar-refractivity contribution in [1.82, 2.24) is 0 Å². The number of aliphatic carboxylic acids is 1. The Labute approximate surface area is 109 Å². The molecule has 0 aliphatic carbocycles. The van der Waals surface area contributed by atoms with E-state index < -0.39 is 23.9 Å². The van der Waals surface area contributed by atoms with Gasteiger partial charge < -0.3 is 15.9 Å². The van der Waals surface area contributed by atoms with E-state index in [-0.39, 0.29) is 5.56 Å². The first-order valence-corrected chi connectivity index (χ1v) is 5.66. The highest BCUT2D eigenvalue weighted by Gasteiger charge is 2.42. The van der Waals surface area contributed by atoms with Crippen molar-refractivity contribution in [2.24, 2.45) is 5.73 Å². The van der Waals surface area contributed by atoms with Crippen molar-refractivity contribution in [3.05, 3.63) is 48.0 Å². The zero-order valence-electron chi connectivity index (χ0n) is 10.0. The van der Waals surface area contributed by atoms with Gasteiger partial charge in [-0.2, -0.15) is 0 Å². The Hall–Kier alpha value is -2.24. The van der Waals surface area contributed by atoms with Crippen LogP contribution in [0, 0.1) is 0 Å². The smallest absolute Gasteiger partial charge is 0.334 e. The summed E-state index contributed by atoms with van der Waals surface area (Å²) in [6, 6.07) is 12.1. The fraction of sp³-hybridized carbons (Fsp3) is 0.143. The van der Waals surface area contributed by atoms with Crippen LogP contribution in [0.25, 0.3) is 10.8 Å². The summed E-state index contributed by atoms with van der Waals surface area (Å²) in [5.41, 5.74) is 3.32. The third-order valence-corrected chi connectivity index (χ3v) is 3.05. The van der Waals surface area contributed by atoms with Crippen LogP contribution in [0.5, 0.6) is 0 Å². The van der Waals surface area contributed by atoms with Gasteiger partial charge >= 0.3 is 5.97 Å². The fourth-order valence-electron chi connectivity index (χ4n) is 1.82. The standard InChI is InChI=1S/C14H13NO4/c15-14(8-16,13(18)19)12(17)11-6-5-9-3-1-2-4-10(9)7-11/h1-7,16H,8,15H2,(H,18,19). The van der Waals surface area contributed by atoms with Gasteiger partial charge in [-0.3, -0.25) is 4.79 Å². The molecule has 0 radical (unpaired) electrons. The summed E-state index contributed by atoms with van der Waals surface area (Å²) >= 11 is 0. The summed E-state index contributed by atoms with van der Waals surface area (Å²) in [6.07, 6.45) is 0. The lowest BCUT2D eigenvalue weighted by atomic mass is 9.90. The van der Waals surface area contributed by atoms with Crippen molar-refractivity contribution in [2.75, 3.05) is 6.61 Å². The summed E-state index contributed by atoms with van der Waals surface area (Å²) in [7, 11) is 0. The Kier molecular flexibility index (Phi) is 3.33. The third-order valence-electron chi connectivity index (χ3n) is 3.05. The molecular weight excluding hydrogens is 246 g/mol. The number of carboxylic acids is 1. The van der Waals surface area contributed by atoms with Crippen molar-refractivity contribution in [2.45, 2.75) is 5.54 Å². The second-order valence-corrected chi connectivity index (χ2v) is 4.33. The molecule has 0 fully saturated rings. The molecule has 19 heavy (non-hydrogen) atoms. The summed E-state index contributed by atoms with van der Waals surface area (Å²) in [5, 5.41) is 19.8. The van der Waals surface area contributed by atoms with Crippen LogP contribution in [-0.2, 0) is 4.79 Å². The largest absolute Gasteiger partial charge is 0.479 e. The average molecular weight is 259 g/mol. The number of aliphatic hydroxyl groups excluding tert-OH is 1. The fourth-order valence-corrected chi connectivity index (χ4v) is 1.82. The number of ketones is 1. The molecule has 0 heterocycles. The molecule has 2 aromatic carbocycles. The van der Waals surface area contributed by atoms with Gasteiger partial charge in [0.2, 0.25) is 5.54 Å². The number of fused-ring (bicyclic) bond motifs is 1. The summed E-state index contributed by atoms with van der Waals surface area (Å²) in [5.74, 6) is -2.36. The number of aliphatic hydroxyl groups is 1. The summed E-state index contributed by atoms with van der Waals surface area (Å²) < 4.78 is 0. The van der Waals surface area contributed by atoms with Crippen molar-refractivity contribution in [3.63, 3.8) is 0 Å². The van der Waals surface area contributed by atoms with E-state index in [1.807, 2.05) is 24.3 Å². The Morgan fingerprint density at radius 3 is 2.32 bits per heavy atom. The van der Waals surface area contributed by atoms with Crippen LogP contribution in [0.2, 0.25) is 0 Å². The predicted octanol–water partition coefficient (Wildman–Crippen LogP) is 0.797. The second kappa shape index (κ2) is 4.79. The number of carbonyl (C=O) groups is 2. The normalized spacial score (nSPS) is 14.0. The highest BCUT2D eigenvalue weighted by molar-refractivity contribution is 6.16. The molecule has 0 aromatic heterocycles. The minimum absolute atomic E-state index is 0.164. The highest BCUT2D eigenvalue weighted by atomic mass is 16.4. The Morgan fingerprint density at radius 1 is 1.11 bits per heavy atom. The number of benzene rings is 2. The lowest BCUT2D eigenvalue weighted by molar-refractivity contribution is -0.142. The molecule has 98 valence electrons. The Morgan fingerprint density at radius 2 is 1.74 bits per heavy atom. The van der Waals surface area contributed by atoms with Crippen LogP contribution >= 0.6 is 0 Å². The first kappa shape index (κ1) is 13.2. The van der Waals surface area contributed by atoms with E-state index in [1.165, 1.54) is 6.07 Å². The maximum absolute atomic E-state index is 12.1. The number of hydrogen-bond acceptors (Lipinski definition) is 4. The van der Waals surface area contributed by atoms with Gasteiger partial charge in [-0.25, -0.2) is 4.79 Å². The Balaban J connectivity index is 2.49. The van der Waals surface area contributed by atoms with Gasteiger partial charge in [0.05, 0.1) is 6.61 Å². The number of hydrogen-bond donors (Lipinski definition) is 3. The molecule has 0 bridgehead atoms. The molecule has 0 saturated carbocycles. The molecule has 0 spiro atoms. The summed E-state index contributed by atoms with van der Waals surface area (Å²) in [4.78, 5) is 23.1. The van der Waals surface area contributed by atoms with Crippen LogP contribution < -0.4 is 5.73 Å². The zero-order chi connectivity index (χ0) is 14.0. The van der Waals surface area contributed by atoms with Crippen molar-refractivity contribution < 1.29 is 19.8 Å². The first-order chi connectivity index (χ1) is 8.99. The number of nitrogens with two attached hydrogens (primary N) is 1. The second-order valence-electron chi connectivity index (χ2n) is 4.33. The van der Waals surface area contributed by atoms with Gasteiger partial charge in [0.1, 0.15) is 0 Å². The van der Waals surface area contributed by atoms with E-state index in [0.29, 0.717) is 0 Å². The first-order valence-electron chi connectivity index (χ1n) is 5.66. The third kappa shape index (κ3) is 2.21. The van der Waals surface area contributed by atoms with Crippen LogP contribution in [0.4, 0.5) is 0 Å². The van der Waals surface area contributed by atoms with Crippen LogP contribution in [0.15, 0.2) is 42.5 Å². The van der Waals surface area contributed by atoms with Gasteiger partial charge in [0.25, 0.3) is 0 Å². The maximum atomic E-state index is 12.1. The van der Waals surface area contributed by atoms with Gasteiger partial charge in [0, 0.05) is 5.56 Å². The number of carboxylic acid groups (broad SMARTS) is 1. The molecular formula is C14H13NO4. The molecule has 0 aliphatic rings. The molecule has 2 rings (SSSR count). The minimum atomic E-state index is -2.30. The molecule has 1 atom stereocenters. The van der Waals surface area contributed by atoms with Crippen LogP contribution in [-0.4, -0.2) is 34.1 Å².